The summed E-state index contributed by atoms with van der Waals surface area (Å²) in [7, 11) is 0. The smallest absolute Gasteiger partial charge is 0.335 e. The summed E-state index contributed by atoms with van der Waals surface area (Å²) in [6.45, 7) is 2.84. The molecule has 0 saturated carbocycles. The number of carbonyl (C=O) groups excluding carboxylic acids is 1. The molecule has 2 aromatic carbocycles. The van der Waals surface area contributed by atoms with Crippen molar-refractivity contribution in [1.29, 1.82) is 0 Å². The van der Waals surface area contributed by atoms with Crippen molar-refractivity contribution in [2.75, 3.05) is 0 Å². The lowest BCUT2D eigenvalue weighted by atomic mass is 10.1. The van der Waals surface area contributed by atoms with E-state index < -0.39 is 5.97 Å². The Morgan fingerprint density at radius 2 is 1.67 bits per heavy atom. The van der Waals surface area contributed by atoms with Gasteiger partial charge in [0.1, 0.15) is 5.69 Å². The molecule has 3 aromatic rings. The van der Waals surface area contributed by atoms with Gasteiger partial charge in [-0.25, -0.2) is 4.79 Å². The highest BCUT2D eigenvalue weighted by Crippen LogP contribution is 2.14. The van der Waals surface area contributed by atoms with Gasteiger partial charge in [0, 0.05) is 24.3 Å². The molecular weight excluding hydrogens is 364 g/mol. The molecule has 0 bridgehead atoms. The Hall–Kier alpha value is -3.05. The molecule has 0 aliphatic heterocycles. The number of halogens is 1. The molecule has 0 unspecified atom stereocenters. The standard InChI is InChI=1S/C21H19ClN2O3/c1-14-10-19(24(12-14)13-16-4-8-18(22)9-5-16)20(25)23-11-15-2-6-17(7-3-15)21(26)27/h2-10,12H,11,13H2,1H3,(H,23,25)(H,26,27). The molecule has 0 fully saturated rings. The summed E-state index contributed by atoms with van der Waals surface area (Å²) < 4.78 is 1.90. The summed E-state index contributed by atoms with van der Waals surface area (Å²) in [5, 5.41) is 12.5. The van der Waals surface area contributed by atoms with Crippen molar-refractivity contribution in [2.24, 2.45) is 0 Å². The molecule has 0 aliphatic rings. The maximum Gasteiger partial charge on any atom is 0.335 e. The number of amides is 1. The first-order valence-corrected chi connectivity index (χ1v) is 8.82. The second-order valence-electron chi connectivity index (χ2n) is 6.34. The summed E-state index contributed by atoms with van der Waals surface area (Å²) in [5.41, 5.74) is 3.68. The van der Waals surface area contributed by atoms with Crippen molar-refractivity contribution in [3.63, 3.8) is 0 Å². The lowest BCUT2D eigenvalue weighted by molar-refractivity contribution is 0.0696. The number of carboxylic acid groups (broad SMARTS) is 1. The first-order chi connectivity index (χ1) is 12.9. The third-order valence-corrected chi connectivity index (χ3v) is 4.44. The second-order valence-corrected chi connectivity index (χ2v) is 6.78. The summed E-state index contributed by atoms with van der Waals surface area (Å²) in [6.07, 6.45) is 1.94. The number of rotatable bonds is 6. The molecular formula is C21H19ClN2O3. The first kappa shape index (κ1) is 18.7. The molecule has 3 rings (SSSR count). The highest BCUT2D eigenvalue weighted by molar-refractivity contribution is 6.30. The molecule has 1 heterocycles. The zero-order valence-electron chi connectivity index (χ0n) is 14.8. The number of nitrogens with zero attached hydrogens (tertiary/aromatic N) is 1. The van der Waals surface area contributed by atoms with Crippen LogP contribution in [0, 0.1) is 6.92 Å². The fraction of sp³-hybridized carbons (Fsp3) is 0.143. The molecule has 0 aliphatic carbocycles. The van der Waals surface area contributed by atoms with Crippen LogP contribution in [0.4, 0.5) is 0 Å². The van der Waals surface area contributed by atoms with Gasteiger partial charge in [-0.2, -0.15) is 0 Å². The van der Waals surface area contributed by atoms with Crippen molar-refractivity contribution in [2.45, 2.75) is 20.0 Å². The predicted octanol–water partition coefficient (Wildman–Crippen LogP) is 4.13. The topological polar surface area (TPSA) is 71.3 Å². The van der Waals surface area contributed by atoms with Crippen LogP contribution >= 0.6 is 11.6 Å². The summed E-state index contributed by atoms with van der Waals surface area (Å²) >= 11 is 5.92. The van der Waals surface area contributed by atoms with Crippen molar-refractivity contribution >= 4 is 23.5 Å². The molecule has 1 aromatic heterocycles. The lowest BCUT2D eigenvalue weighted by Gasteiger charge is -2.10. The minimum atomic E-state index is -0.971. The Morgan fingerprint density at radius 3 is 2.30 bits per heavy atom. The van der Waals surface area contributed by atoms with E-state index in [-0.39, 0.29) is 11.5 Å². The number of carbonyl (C=O) groups is 2. The predicted molar refractivity (Wildman–Crippen MR) is 104 cm³/mol. The average molecular weight is 383 g/mol. The number of hydrogen-bond acceptors (Lipinski definition) is 2. The minimum absolute atomic E-state index is 0.181. The monoisotopic (exact) mass is 382 g/mol. The molecule has 2 N–H and O–H groups in total. The maximum absolute atomic E-state index is 12.6. The van der Waals surface area contributed by atoms with E-state index in [0.29, 0.717) is 23.8 Å². The fourth-order valence-corrected chi connectivity index (χ4v) is 2.93. The molecule has 0 atom stereocenters. The zero-order valence-corrected chi connectivity index (χ0v) is 15.5. The van der Waals surface area contributed by atoms with Crippen LogP contribution in [0.5, 0.6) is 0 Å². The average Bonchev–Trinajstić information content (AvgIpc) is 3.02. The van der Waals surface area contributed by atoms with E-state index in [2.05, 4.69) is 5.32 Å². The molecule has 5 nitrogen and oxygen atoms in total. The fourth-order valence-electron chi connectivity index (χ4n) is 2.80. The van der Waals surface area contributed by atoms with Crippen LogP contribution in [0.2, 0.25) is 5.02 Å². The van der Waals surface area contributed by atoms with Crippen LogP contribution in [0.3, 0.4) is 0 Å². The maximum atomic E-state index is 12.6. The molecule has 6 heteroatoms. The molecule has 0 radical (unpaired) electrons. The van der Waals surface area contributed by atoms with E-state index in [1.165, 1.54) is 12.1 Å². The van der Waals surface area contributed by atoms with Gasteiger partial charge in [0.25, 0.3) is 5.91 Å². The van der Waals surface area contributed by atoms with Crippen molar-refractivity contribution in [3.8, 4) is 0 Å². The number of aryl methyl sites for hydroxylation is 1. The Labute approximate surface area is 162 Å². The van der Waals surface area contributed by atoms with Crippen molar-refractivity contribution in [1.82, 2.24) is 9.88 Å². The molecule has 0 spiro atoms. The molecule has 1 amide bonds. The van der Waals surface area contributed by atoms with Gasteiger partial charge in [-0.1, -0.05) is 35.9 Å². The van der Waals surface area contributed by atoms with Crippen molar-refractivity contribution in [3.05, 3.63) is 93.8 Å². The quantitative estimate of drug-likeness (QED) is 0.673. The summed E-state index contributed by atoms with van der Waals surface area (Å²) in [5.74, 6) is -1.15. The van der Waals surface area contributed by atoms with E-state index >= 15 is 0 Å². The van der Waals surface area contributed by atoms with Gasteiger partial charge in [0.2, 0.25) is 0 Å². The zero-order chi connectivity index (χ0) is 19.4. The number of nitrogens with one attached hydrogen (secondary N) is 1. The van der Waals surface area contributed by atoms with E-state index in [1.54, 1.807) is 12.1 Å². The van der Waals surface area contributed by atoms with Gasteiger partial charge < -0.3 is 15.0 Å². The number of aromatic carboxylic acids is 1. The normalized spacial score (nSPS) is 10.6. The van der Waals surface area contributed by atoms with Gasteiger partial charge in [0.05, 0.1) is 5.56 Å². The van der Waals surface area contributed by atoms with Crippen molar-refractivity contribution < 1.29 is 14.7 Å². The molecule has 0 saturated heterocycles. The SMILES string of the molecule is Cc1cc(C(=O)NCc2ccc(C(=O)O)cc2)n(Cc2ccc(Cl)cc2)c1. The van der Waals surface area contributed by atoms with E-state index in [9.17, 15) is 9.59 Å². The molecule has 27 heavy (non-hydrogen) atoms. The number of benzene rings is 2. The van der Waals surface area contributed by atoms with Crippen LogP contribution < -0.4 is 5.32 Å². The highest BCUT2D eigenvalue weighted by atomic mass is 35.5. The number of carboxylic acids is 1. The van der Waals surface area contributed by atoms with Gasteiger partial charge in [0.15, 0.2) is 0 Å². The van der Waals surface area contributed by atoms with E-state index in [0.717, 1.165) is 16.7 Å². The second kappa shape index (κ2) is 8.10. The van der Waals surface area contributed by atoms with Crippen LogP contribution in [0.1, 0.15) is 37.5 Å². The van der Waals surface area contributed by atoms with Crippen LogP contribution in [-0.2, 0) is 13.1 Å². The van der Waals surface area contributed by atoms with Crippen LogP contribution in [0.25, 0.3) is 0 Å². The van der Waals surface area contributed by atoms with Gasteiger partial charge >= 0.3 is 5.97 Å². The first-order valence-electron chi connectivity index (χ1n) is 8.44. The number of hydrogen-bond donors (Lipinski definition) is 2. The Kier molecular flexibility index (Phi) is 5.62. The third kappa shape index (κ3) is 4.77. The number of aromatic nitrogens is 1. The minimum Gasteiger partial charge on any atom is -0.478 e. The Bertz CT molecular complexity index is 960. The van der Waals surface area contributed by atoms with Gasteiger partial charge in [-0.15, -0.1) is 0 Å². The van der Waals surface area contributed by atoms with E-state index in [1.807, 2.05) is 48.0 Å². The Balaban J connectivity index is 1.69. The summed E-state index contributed by atoms with van der Waals surface area (Å²) in [6, 6.07) is 15.8. The van der Waals surface area contributed by atoms with E-state index in [4.69, 9.17) is 16.7 Å². The summed E-state index contributed by atoms with van der Waals surface area (Å²) in [4.78, 5) is 23.5. The van der Waals surface area contributed by atoms with Crippen LogP contribution in [-0.4, -0.2) is 21.6 Å². The largest absolute Gasteiger partial charge is 0.478 e. The van der Waals surface area contributed by atoms with Gasteiger partial charge in [-0.3, -0.25) is 4.79 Å². The highest BCUT2D eigenvalue weighted by Gasteiger charge is 2.13. The lowest BCUT2D eigenvalue weighted by Crippen LogP contribution is -2.25. The molecule has 138 valence electrons. The Morgan fingerprint density at radius 1 is 1.04 bits per heavy atom. The van der Waals surface area contributed by atoms with Crippen LogP contribution in [0.15, 0.2) is 60.8 Å². The van der Waals surface area contributed by atoms with Gasteiger partial charge in [-0.05, 0) is 53.9 Å². The third-order valence-electron chi connectivity index (χ3n) is 4.19.